The van der Waals surface area contributed by atoms with Crippen molar-refractivity contribution in [3.8, 4) is 0 Å². The zero-order valence-electron chi connectivity index (χ0n) is 14.6. The number of rotatable bonds is 3. The molecule has 4 aliphatic rings. The van der Waals surface area contributed by atoms with Crippen molar-refractivity contribution in [2.24, 2.45) is 27.6 Å². The Morgan fingerprint density at radius 2 is 1.55 bits per heavy atom. The minimum absolute atomic E-state index is 0.369. The highest BCUT2D eigenvalue weighted by atomic mass is 15.0. The molecule has 116 valence electrons. The van der Waals surface area contributed by atoms with Gasteiger partial charge in [-0.15, -0.1) is 0 Å². The molecule has 1 N–H and O–H groups in total. The van der Waals surface area contributed by atoms with Gasteiger partial charge in [-0.05, 0) is 72.6 Å². The van der Waals surface area contributed by atoms with Gasteiger partial charge in [-0.2, -0.15) is 0 Å². The van der Waals surface area contributed by atoms with Gasteiger partial charge in [-0.3, -0.25) is 0 Å². The molecule has 0 aromatic carbocycles. The van der Waals surface area contributed by atoms with Crippen molar-refractivity contribution in [3.63, 3.8) is 0 Å². The summed E-state index contributed by atoms with van der Waals surface area (Å²) in [5, 5.41) is 3.91. The normalized spacial score (nSPS) is 48.6. The molecule has 20 heavy (non-hydrogen) atoms. The molecule has 4 rings (SSSR count). The van der Waals surface area contributed by atoms with Crippen LogP contribution in [0, 0.1) is 27.6 Å². The first-order valence-corrected chi connectivity index (χ1v) is 8.83. The lowest BCUT2D eigenvalue weighted by atomic mass is 9.38. The summed E-state index contributed by atoms with van der Waals surface area (Å²) in [4.78, 5) is 0. The van der Waals surface area contributed by atoms with E-state index in [0.717, 1.165) is 12.5 Å². The molecule has 3 atom stereocenters. The summed E-state index contributed by atoms with van der Waals surface area (Å²) < 4.78 is 0. The van der Waals surface area contributed by atoms with Crippen LogP contribution in [0.15, 0.2) is 0 Å². The molecule has 0 spiro atoms. The van der Waals surface area contributed by atoms with Crippen LogP contribution in [0.2, 0.25) is 0 Å². The van der Waals surface area contributed by atoms with E-state index in [9.17, 15) is 0 Å². The van der Waals surface area contributed by atoms with Gasteiger partial charge in [0.05, 0.1) is 0 Å². The second-order valence-corrected chi connectivity index (χ2v) is 10.3. The van der Waals surface area contributed by atoms with E-state index in [0.29, 0.717) is 27.7 Å². The lowest BCUT2D eigenvalue weighted by Crippen LogP contribution is -2.64. The zero-order chi connectivity index (χ0) is 14.8. The van der Waals surface area contributed by atoms with Crippen LogP contribution in [0.1, 0.15) is 80.1 Å². The molecule has 4 fully saturated rings. The van der Waals surface area contributed by atoms with Gasteiger partial charge in [-0.1, -0.05) is 41.5 Å². The first kappa shape index (κ1) is 14.9. The van der Waals surface area contributed by atoms with Gasteiger partial charge in [0.1, 0.15) is 0 Å². The van der Waals surface area contributed by atoms with Gasteiger partial charge in [0.25, 0.3) is 0 Å². The average molecular weight is 277 g/mol. The highest BCUT2D eigenvalue weighted by molar-refractivity contribution is 5.15. The summed E-state index contributed by atoms with van der Waals surface area (Å²) >= 11 is 0. The van der Waals surface area contributed by atoms with Crippen LogP contribution < -0.4 is 5.32 Å². The van der Waals surface area contributed by atoms with Gasteiger partial charge in [-0.25, -0.2) is 0 Å². The zero-order valence-corrected chi connectivity index (χ0v) is 14.6. The Morgan fingerprint density at radius 3 is 1.95 bits per heavy atom. The summed E-state index contributed by atoms with van der Waals surface area (Å²) in [7, 11) is 0. The van der Waals surface area contributed by atoms with E-state index in [1.54, 1.807) is 0 Å². The molecular formula is C19H35N. The van der Waals surface area contributed by atoms with Crippen LogP contribution in [0.4, 0.5) is 0 Å². The molecule has 4 saturated carbocycles. The van der Waals surface area contributed by atoms with E-state index in [1.165, 1.54) is 38.5 Å². The van der Waals surface area contributed by atoms with Crippen molar-refractivity contribution >= 4 is 0 Å². The van der Waals surface area contributed by atoms with Gasteiger partial charge in [0.15, 0.2) is 0 Å². The third-order valence-corrected chi connectivity index (χ3v) is 6.56. The first-order chi connectivity index (χ1) is 9.10. The summed E-state index contributed by atoms with van der Waals surface area (Å²) in [6.45, 7) is 15.9. The largest absolute Gasteiger partial charge is 0.313 e. The molecule has 0 aliphatic heterocycles. The van der Waals surface area contributed by atoms with Crippen LogP contribution >= 0.6 is 0 Å². The molecule has 1 heteroatoms. The first-order valence-electron chi connectivity index (χ1n) is 8.83. The van der Waals surface area contributed by atoms with Crippen LogP contribution in [0.5, 0.6) is 0 Å². The molecule has 0 saturated heterocycles. The fourth-order valence-electron chi connectivity index (χ4n) is 7.50. The van der Waals surface area contributed by atoms with Gasteiger partial charge >= 0.3 is 0 Å². The van der Waals surface area contributed by atoms with E-state index < -0.39 is 0 Å². The third kappa shape index (κ3) is 2.25. The number of hydrogen-bond donors (Lipinski definition) is 1. The highest BCUT2D eigenvalue weighted by Gasteiger charge is 2.63. The molecule has 3 unspecified atom stereocenters. The van der Waals surface area contributed by atoms with E-state index in [2.05, 4.69) is 46.9 Å². The Bertz CT molecular complexity index is 373. The number of nitrogens with one attached hydrogen (secondary N) is 1. The molecule has 1 nitrogen and oxygen atoms in total. The number of hydrogen-bond acceptors (Lipinski definition) is 1. The van der Waals surface area contributed by atoms with Crippen molar-refractivity contribution in [1.82, 2.24) is 5.32 Å². The Labute approximate surface area is 126 Å². The topological polar surface area (TPSA) is 12.0 Å². The Kier molecular flexibility index (Phi) is 3.16. The fraction of sp³-hybridized carbons (Fsp3) is 1.00. The van der Waals surface area contributed by atoms with Crippen molar-refractivity contribution in [2.75, 3.05) is 6.54 Å². The average Bonchev–Trinajstić information content (AvgIpc) is 2.18. The SMILES string of the molecule is CCNC(C(C)(C)C)C12CC3CC(C)(CC(C)(C3)C1)C2. The third-order valence-electron chi connectivity index (χ3n) is 6.56. The second kappa shape index (κ2) is 4.24. The van der Waals surface area contributed by atoms with Crippen LogP contribution in [-0.2, 0) is 0 Å². The van der Waals surface area contributed by atoms with Crippen molar-refractivity contribution in [2.45, 2.75) is 86.1 Å². The molecule has 0 heterocycles. The van der Waals surface area contributed by atoms with E-state index in [4.69, 9.17) is 0 Å². The van der Waals surface area contributed by atoms with Gasteiger partial charge in [0, 0.05) is 6.04 Å². The maximum absolute atomic E-state index is 3.91. The Balaban J connectivity index is 1.98. The lowest BCUT2D eigenvalue weighted by Gasteiger charge is -2.68. The van der Waals surface area contributed by atoms with Gasteiger partial charge < -0.3 is 5.32 Å². The Morgan fingerprint density at radius 1 is 1.00 bits per heavy atom. The fourth-order valence-corrected chi connectivity index (χ4v) is 7.50. The summed E-state index contributed by atoms with van der Waals surface area (Å²) in [6.07, 6.45) is 8.94. The molecule has 4 bridgehead atoms. The summed E-state index contributed by atoms with van der Waals surface area (Å²) in [5.41, 5.74) is 2.20. The molecule has 0 amide bonds. The highest BCUT2D eigenvalue weighted by Crippen LogP contribution is 2.71. The maximum atomic E-state index is 3.91. The van der Waals surface area contributed by atoms with Crippen LogP contribution in [0.3, 0.4) is 0 Å². The standard InChI is InChI=1S/C19H35N/c1-7-20-15(16(2,3)4)19-10-14-8-17(5,12-19)11-18(6,9-14)13-19/h14-15,20H,7-13H2,1-6H3. The minimum Gasteiger partial charge on any atom is -0.313 e. The van der Waals surface area contributed by atoms with Crippen molar-refractivity contribution < 1.29 is 0 Å². The predicted octanol–water partition coefficient (Wildman–Crippen LogP) is 5.01. The van der Waals surface area contributed by atoms with Crippen molar-refractivity contribution in [3.05, 3.63) is 0 Å². The van der Waals surface area contributed by atoms with E-state index >= 15 is 0 Å². The summed E-state index contributed by atoms with van der Waals surface area (Å²) in [5.74, 6) is 1.00. The molecular weight excluding hydrogens is 242 g/mol. The smallest absolute Gasteiger partial charge is 0.0172 e. The summed E-state index contributed by atoms with van der Waals surface area (Å²) in [6, 6.07) is 0.682. The predicted molar refractivity (Wildman–Crippen MR) is 86.8 cm³/mol. The Hall–Kier alpha value is -0.0400. The van der Waals surface area contributed by atoms with E-state index in [-0.39, 0.29) is 0 Å². The van der Waals surface area contributed by atoms with Gasteiger partial charge in [0.2, 0.25) is 0 Å². The van der Waals surface area contributed by atoms with E-state index in [1.807, 2.05) is 0 Å². The second-order valence-electron chi connectivity index (χ2n) is 10.3. The van der Waals surface area contributed by atoms with Crippen LogP contribution in [-0.4, -0.2) is 12.6 Å². The monoisotopic (exact) mass is 277 g/mol. The molecule has 0 aromatic heterocycles. The lowest BCUT2D eigenvalue weighted by molar-refractivity contribution is -0.169. The molecule has 0 aromatic rings. The van der Waals surface area contributed by atoms with Crippen molar-refractivity contribution in [1.29, 1.82) is 0 Å². The quantitative estimate of drug-likeness (QED) is 0.765. The molecule has 4 aliphatic carbocycles. The minimum atomic E-state index is 0.369. The maximum Gasteiger partial charge on any atom is 0.0172 e. The molecule has 0 radical (unpaired) electrons. The van der Waals surface area contributed by atoms with Crippen LogP contribution in [0.25, 0.3) is 0 Å².